The van der Waals surface area contributed by atoms with Crippen molar-refractivity contribution in [1.29, 1.82) is 0 Å². The van der Waals surface area contributed by atoms with Crippen LogP contribution in [-0.2, 0) is 6.42 Å². The summed E-state index contributed by atoms with van der Waals surface area (Å²) < 4.78 is 0. The molecule has 0 fully saturated rings. The van der Waals surface area contributed by atoms with E-state index >= 15 is 0 Å². The smallest absolute Gasteiger partial charge is 0.163 e. The molecular formula is C19H16O2. The van der Waals surface area contributed by atoms with Crippen LogP contribution in [0.2, 0.25) is 0 Å². The zero-order valence-corrected chi connectivity index (χ0v) is 11.6. The molecule has 3 rings (SSSR count). The number of hydrogen-bond acceptors (Lipinski definition) is 2. The number of Topliss-reactive ketones (excluding diaryl/α,β-unsaturated/α-hetero) is 1. The van der Waals surface area contributed by atoms with Gasteiger partial charge in [-0.25, -0.2) is 0 Å². The summed E-state index contributed by atoms with van der Waals surface area (Å²) in [5, 5.41) is 11.8. The minimum atomic E-state index is 0.107. The van der Waals surface area contributed by atoms with E-state index in [1.165, 1.54) is 0 Å². The number of carbonyl (C=O) groups is 1. The number of phenols is 1. The van der Waals surface area contributed by atoms with E-state index in [0.29, 0.717) is 12.8 Å². The summed E-state index contributed by atoms with van der Waals surface area (Å²) in [5.41, 5.74) is 1.56. The third kappa shape index (κ3) is 2.79. The lowest BCUT2D eigenvalue weighted by Gasteiger charge is -2.07. The molecule has 0 aliphatic rings. The first-order valence-electron chi connectivity index (χ1n) is 7.03. The molecule has 0 bridgehead atoms. The molecule has 0 aliphatic heterocycles. The average molecular weight is 276 g/mol. The largest absolute Gasteiger partial charge is 0.508 e. The number of phenolic OH excluding ortho intramolecular Hbond substituents is 1. The Balaban J connectivity index is 1.83. The van der Waals surface area contributed by atoms with Gasteiger partial charge in [-0.05, 0) is 28.8 Å². The number of carbonyl (C=O) groups excluding carboxylic acids is 1. The molecule has 1 N–H and O–H groups in total. The molecule has 2 heteroatoms. The van der Waals surface area contributed by atoms with Crippen LogP contribution in [0, 0.1) is 0 Å². The fraction of sp³-hybridized carbons (Fsp3) is 0.105. The summed E-state index contributed by atoms with van der Waals surface area (Å²) in [6, 6.07) is 20.9. The lowest BCUT2D eigenvalue weighted by molar-refractivity contribution is 0.0984. The van der Waals surface area contributed by atoms with Crippen molar-refractivity contribution >= 4 is 16.6 Å². The lowest BCUT2D eigenvalue weighted by atomic mass is 9.97. The topological polar surface area (TPSA) is 37.3 Å². The van der Waals surface area contributed by atoms with E-state index in [0.717, 1.165) is 21.9 Å². The zero-order valence-electron chi connectivity index (χ0n) is 11.6. The van der Waals surface area contributed by atoms with E-state index in [-0.39, 0.29) is 11.5 Å². The Bertz CT molecular complexity index is 785. The third-order valence-electron chi connectivity index (χ3n) is 3.70. The predicted molar refractivity (Wildman–Crippen MR) is 84.7 cm³/mol. The molecule has 0 atom stereocenters. The van der Waals surface area contributed by atoms with Crippen molar-refractivity contribution < 1.29 is 9.90 Å². The fourth-order valence-electron chi connectivity index (χ4n) is 2.57. The van der Waals surface area contributed by atoms with Crippen LogP contribution in [0.1, 0.15) is 22.3 Å². The van der Waals surface area contributed by atoms with Gasteiger partial charge >= 0.3 is 0 Å². The number of hydrogen-bond donors (Lipinski definition) is 1. The molecular weight excluding hydrogens is 260 g/mol. The van der Waals surface area contributed by atoms with Gasteiger partial charge in [0.2, 0.25) is 0 Å². The minimum Gasteiger partial charge on any atom is -0.508 e. The first-order chi connectivity index (χ1) is 10.3. The number of aryl methyl sites for hydroxylation is 1. The second kappa shape index (κ2) is 5.80. The Labute approximate surface area is 123 Å². The summed E-state index contributed by atoms with van der Waals surface area (Å²) in [4.78, 5) is 12.5. The SMILES string of the molecule is O=C(CCc1ccccc1O)c1cccc2ccccc12. The molecule has 2 nitrogen and oxygen atoms in total. The highest BCUT2D eigenvalue weighted by atomic mass is 16.3. The molecule has 3 aromatic rings. The molecule has 0 aliphatic carbocycles. The van der Waals surface area contributed by atoms with Crippen molar-refractivity contribution in [3.05, 3.63) is 77.9 Å². The van der Waals surface area contributed by atoms with Crippen molar-refractivity contribution in [1.82, 2.24) is 0 Å². The van der Waals surface area contributed by atoms with Crippen molar-refractivity contribution in [2.24, 2.45) is 0 Å². The summed E-state index contributed by atoms with van der Waals surface area (Å²) in [6.45, 7) is 0. The summed E-state index contributed by atoms with van der Waals surface area (Å²) in [5.74, 6) is 0.360. The number of fused-ring (bicyclic) bond motifs is 1. The van der Waals surface area contributed by atoms with E-state index < -0.39 is 0 Å². The Morgan fingerprint density at radius 1 is 0.857 bits per heavy atom. The normalized spacial score (nSPS) is 10.7. The van der Waals surface area contributed by atoms with E-state index in [9.17, 15) is 9.90 Å². The quantitative estimate of drug-likeness (QED) is 0.719. The minimum absolute atomic E-state index is 0.107. The molecule has 0 radical (unpaired) electrons. The Morgan fingerprint density at radius 2 is 1.57 bits per heavy atom. The molecule has 3 aromatic carbocycles. The number of aromatic hydroxyl groups is 1. The van der Waals surface area contributed by atoms with Crippen molar-refractivity contribution in [3.63, 3.8) is 0 Å². The lowest BCUT2D eigenvalue weighted by Crippen LogP contribution is -2.02. The molecule has 104 valence electrons. The number of para-hydroxylation sites is 1. The molecule has 0 unspecified atom stereocenters. The van der Waals surface area contributed by atoms with Crippen LogP contribution in [-0.4, -0.2) is 10.9 Å². The predicted octanol–water partition coefficient (Wildman–Crippen LogP) is 4.36. The van der Waals surface area contributed by atoms with Gasteiger partial charge in [-0.2, -0.15) is 0 Å². The molecule has 0 saturated carbocycles. The summed E-state index contributed by atoms with van der Waals surface area (Å²) in [6.07, 6.45) is 0.945. The Hall–Kier alpha value is -2.61. The Kier molecular flexibility index (Phi) is 3.69. The van der Waals surface area contributed by atoms with Gasteiger partial charge in [0.15, 0.2) is 5.78 Å². The van der Waals surface area contributed by atoms with Gasteiger partial charge in [0.25, 0.3) is 0 Å². The average Bonchev–Trinajstić information content (AvgIpc) is 2.53. The van der Waals surface area contributed by atoms with Crippen molar-refractivity contribution in [2.75, 3.05) is 0 Å². The van der Waals surface area contributed by atoms with Gasteiger partial charge in [0.1, 0.15) is 5.75 Å². The van der Waals surface area contributed by atoms with Crippen molar-refractivity contribution in [3.8, 4) is 5.75 Å². The van der Waals surface area contributed by atoms with Crippen molar-refractivity contribution in [2.45, 2.75) is 12.8 Å². The van der Waals surface area contributed by atoms with Gasteiger partial charge in [0, 0.05) is 12.0 Å². The molecule has 0 spiro atoms. The molecule has 0 amide bonds. The highest BCUT2D eigenvalue weighted by molar-refractivity contribution is 6.08. The van der Waals surface area contributed by atoms with Crippen LogP contribution in [0.3, 0.4) is 0 Å². The summed E-state index contributed by atoms with van der Waals surface area (Å²) >= 11 is 0. The van der Waals surface area contributed by atoms with Gasteiger partial charge in [-0.3, -0.25) is 4.79 Å². The maximum Gasteiger partial charge on any atom is 0.163 e. The standard InChI is InChI=1S/C19H16O2/c20-18-11-4-2-7-15(18)12-13-19(21)17-10-5-8-14-6-1-3-9-16(14)17/h1-11,20H,12-13H2. The van der Waals surface area contributed by atoms with Crippen LogP contribution in [0.4, 0.5) is 0 Å². The molecule has 0 saturated heterocycles. The van der Waals surface area contributed by atoms with Gasteiger partial charge in [-0.15, -0.1) is 0 Å². The molecule has 0 heterocycles. The molecule has 21 heavy (non-hydrogen) atoms. The van der Waals surface area contributed by atoms with Crippen LogP contribution in [0.5, 0.6) is 5.75 Å². The van der Waals surface area contributed by atoms with Crippen LogP contribution >= 0.6 is 0 Å². The highest BCUT2D eigenvalue weighted by Gasteiger charge is 2.10. The number of ketones is 1. The Morgan fingerprint density at radius 3 is 2.43 bits per heavy atom. The van der Waals surface area contributed by atoms with Crippen LogP contribution in [0.15, 0.2) is 66.7 Å². The van der Waals surface area contributed by atoms with E-state index in [4.69, 9.17) is 0 Å². The maximum atomic E-state index is 12.5. The molecule has 0 aromatic heterocycles. The first kappa shape index (κ1) is 13.4. The fourth-order valence-corrected chi connectivity index (χ4v) is 2.57. The van der Waals surface area contributed by atoms with E-state index in [1.54, 1.807) is 12.1 Å². The first-order valence-corrected chi connectivity index (χ1v) is 7.03. The summed E-state index contributed by atoms with van der Waals surface area (Å²) in [7, 11) is 0. The highest BCUT2D eigenvalue weighted by Crippen LogP contribution is 2.22. The van der Waals surface area contributed by atoms with Gasteiger partial charge < -0.3 is 5.11 Å². The van der Waals surface area contributed by atoms with Gasteiger partial charge in [0.05, 0.1) is 0 Å². The monoisotopic (exact) mass is 276 g/mol. The number of benzene rings is 3. The van der Waals surface area contributed by atoms with Crippen LogP contribution < -0.4 is 0 Å². The van der Waals surface area contributed by atoms with Gasteiger partial charge in [-0.1, -0.05) is 60.7 Å². The number of rotatable bonds is 4. The van der Waals surface area contributed by atoms with Crippen LogP contribution in [0.25, 0.3) is 10.8 Å². The van der Waals surface area contributed by atoms with E-state index in [2.05, 4.69) is 0 Å². The second-order valence-corrected chi connectivity index (χ2v) is 5.08. The second-order valence-electron chi connectivity index (χ2n) is 5.08. The third-order valence-corrected chi connectivity index (χ3v) is 3.70. The zero-order chi connectivity index (χ0) is 14.7. The van der Waals surface area contributed by atoms with E-state index in [1.807, 2.05) is 54.6 Å². The maximum absolute atomic E-state index is 12.5.